The smallest absolute Gasteiger partial charge is 0.276 e. The Morgan fingerprint density at radius 3 is 2.35 bits per heavy atom. The number of amides is 2. The fourth-order valence-electron chi connectivity index (χ4n) is 1.83. The van der Waals surface area contributed by atoms with E-state index in [-0.39, 0.29) is 17.3 Å². The third kappa shape index (κ3) is 5.71. The van der Waals surface area contributed by atoms with E-state index in [0.29, 0.717) is 11.5 Å². The summed E-state index contributed by atoms with van der Waals surface area (Å²) in [7, 11) is 1.54. The van der Waals surface area contributed by atoms with Gasteiger partial charge >= 0.3 is 0 Å². The SMILES string of the molecule is COc1ccc(OCC(=O)NNC(=S)NC(=O)c2ccccc2F)cc1. The van der Waals surface area contributed by atoms with Crippen molar-refractivity contribution in [3.63, 3.8) is 0 Å². The van der Waals surface area contributed by atoms with E-state index in [9.17, 15) is 14.0 Å². The zero-order valence-electron chi connectivity index (χ0n) is 13.7. The van der Waals surface area contributed by atoms with E-state index >= 15 is 0 Å². The van der Waals surface area contributed by atoms with Crippen LogP contribution in [0.4, 0.5) is 4.39 Å². The Balaban J connectivity index is 1.73. The topological polar surface area (TPSA) is 88.7 Å². The summed E-state index contributed by atoms with van der Waals surface area (Å²) in [6.45, 7) is -0.275. The van der Waals surface area contributed by atoms with Gasteiger partial charge in [0.15, 0.2) is 11.7 Å². The van der Waals surface area contributed by atoms with Gasteiger partial charge in [-0.2, -0.15) is 0 Å². The first kappa shape index (κ1) is 19.1. The second kappa shape index (κ2) is 9.33. The summed E-state index contributed by atoms with van der Waals surface area (Å²) < 4.78 is 23.8. The van der Waals surface area contributed by atoms with Crippen LogP contribution in [-0.4, -0.2) is 30.6 Å². The van der Waals surface area contributed by atoms with Crippen LogP contribution >= 0.6 is 12.2 Å². The number of hydrogen-bond donors (Lipinski definition) is 3. The normalized spacial score (nSPS) is 9.77. The van der Waals surface area contributed by atoms with Gasteiger partial charge in [-0.25, -0.2) is 4.39 Å². The molecule has 136 valence electrons. The Morgan fingerprint density at radius 1 is 1.04 bits per heavy atom. The van der Waals surface area contributed by atoms with E-state index in [2.05, 4.69) is 16.2 Å². The molecule has 0 aliphatic rings. The Hall–Kier alpha value is -3.20. The molecule has 0 saturated heterocycles. The lowest BCUT2D eigenvalue weighted by molar-refractivity contribution is -0.123. The number of rotatable bonds is 5. The van der Waals surface area contributed by atoms with Crippen molar-refractivity contribution in [1.82, 2.24) is 16.2 Å². The molecular weight excluding hydrogens is 361 g/mol. The van der Waals surface area contributed by atoms with Crippen molar-refractivity contribution in [1.29, 1.82) is 0 Å². The van der Waals surface area contributed by atoms with Gasteiger partial charge in [-0.3, -0.25) is 25.8 Å². The maximum Gasteiger partial charge on any atom is 0.276 e. The predicted molar refractivity (Wildman–Crippen MR) is 96.2 cm³/mol. The van der Waals surface area contributed by atoms with Gasteiger partial charge in [0.25, 0.3) is 11.8 Å². The summed E-state index contributed by atoms with van der Waals surface area (Å²) in [6, 6.07) is 12.1. The van der Waals surface area contributed by atoms with Gasteiger partial charge in [-0.15, -0.1) is 0 Å². The van der Waals surface area contributed by atoms with Gasteiger partial charge in [-0.05, 0) is 48.6 Å². The van der Waals surface area contributed by atoms with Gasteiger partial charge < -0.3 is 9.47 Å². The second-order valence-corrected chi connectivity index (χ2v) is 5.31. The van der Waals surface area contributed by atoms with E-state index in [1.165, 1.54) is 18.2 Å². The number of halogens is 1. The molecule has 3 N–H and O–H groups in total. The number of hydrogen-bond acceptors (Lipinski definition) is 5. The zero-order valence-corrected chi connectivity index (χ0v) is 14.6. The average Bonchev–Trinajstić information content (AvgIpc) is 2.65. The van der Waals surface area contributed by atoms with Crippen LogP contribution in [0.15, 0.2) is 48.5 Å². The molecule has 7 nitrogen and oxygen atoms in total. The van der Waals surface area contributed by atoms with E-state index < -0.39 is 17.6 Å². The first-order valence-electron chi connectivity index (χ1n) is 7.41. The van der Waals surface area contributed by atoms with Gasteiger partial charge in [0.2, 0.25) is 0 Å². The number of hydrazine groups is 1. The molecule has 0 bridgehead atoms. The first-order chi connectivity index (χ1) is 12.5. The van der Waals surface area contributed by atoms with Crippen LogP contribution in [0.1, 0.15) is 10.4 Å². The van der Waals surface area contributed by atoms with Crippen molar-refractivity contribution in [3.05, 3.63) is 59.9 Å². The van der Waals surface area contributed by atoms with Crippen molar-refractivity contribution < 1.29 is 23.5 Å². The summed E-state index contributed by atoms with van der Waals surface area (Å²) in [6.07, 6.45) is 0. The molecule has 2 aromatic rings. The molecule has 0 heterocycles. The molecular formula is C17H16FN3O4S. The molecule has 0 aliphatic heterocycles. The van der Waals surface area contributed by atoms with Crippen molar-refractivity contribution in [2.75, 3.05) is 13.7 Å². The lowest BCUT2D eigenvalue weighted by Crippen LogP contribution is -2.49. The highest BCUT2D eigenvalue weighted by atomic mass is 32.1. The largest absolute Gasteiger partial charge is 0.497 e. The third-order valence-electron chi connectivity index (χ3n) is 3.09. The number of carbonyl (C=O) groups is 2. The van der Waals surface area contributed by atoms with Gasteiger partial charge in [0, 0.05) is 0 Å². The molecule has 0 radical (unpaired) electrons. The van der Waals surface area contributed by atoms with Crippen LogP contribution in [0, 0.1) is 5.82 Å². The molecule has 2 aromatic carbocycles. The monoisotopic (exact) mass is 377 g/mol. The van der Waals surface area contributed by atoms with E-state index in [1.807, 2.05) is 0 Å². The number of ether oxygens (including phenoxy) is 2. The van der Waals surface area contributed by atoms with Gasteiger partial charge in [-0.1, -0.05) is 12.1 Å². The Kier molecular flexibility index (Phi) is 6.86. The predicted octanol–water partition coefficient (Wildman–Crippen LogP) is 1.55. The van der Waals surface area contributed by atoms with Crippen LogP contribution in [0.2, 0.25) is 0 Å². The van der Waals surface area contributed by atoms with Crippen molar-refractivity contribution >= 4 is 29.1 Å². The summed E-state index contributed by atoms with van der Waals surface area (Å²) in [4.78, 5) is 23.6. The maximum atomic E-state index is 13.5. The number of thiocarbonyl (C=S) groups is 1. The molecule has 0 aromatic heterocycles. The highest BCUT2D eigenvalue weighted by Crippen LogP contribution is 2.16. The van der Waals surface area contributed by atoms with Gasteiger partial charge in [0.05, 0.1) is 12.7 Å². The number of carbonyl (C=O) groups excluding carboxylic acids is 2. The lowest BCUT2D eigenvalue weighted by atomic mass is 10.2. The Morgan fingerprint density at radius 2 is 1.69 bits per heavy atom. The molecule has 0 spiro atoms. The van der Waals surface area contributed by atoms with E-state index in [4.69, 9.17) is 21.7 Å². The minimum absolute atomic E-state index is 0.161. The average molecular weight is 377 g/mol. The summed E-state index contributed by atoms with van der Waals surface area (Å²) in [5.74, 6) is -0.784. The van der Waals surface area contributed by atoms with Crippen LogP contribution in [0.5, 0.6) is 11.5 Å². The van der Waals surface area contributed by atoms with Crippen molar-refractivity contribution in [2.24, 2.45) is 0 Å². The Labute approximate surface area is 154 Å². The molecule has 0 unspecified atom stereocenters. The van der Waals surface area contributed by atoms with Crippen LogP contribution in [0.3, 0.4) is 0 Å². The minimum atomic E-state index is -0.732. The standard InChI is InChI=1S/C17H16FN3O4S/c1-24-11-6-8-12(9-7-11)25-10-15(22)20-21-17(26)19-16(23)13-4-2-3-5-14(13)18/h2-9H,10H2,1H3,(H,20,22)(H2,19,21,23,26). The van der Waals surface area contributed by atoms with Gasteiger partial charge in [0.1, 0.15) is 17.3 Å². The molecule has 9 heteroatoms. The number of benzene rings is 2. The molecule has 0 fully saturated rings. The van der Waals surface area contributed by atoms with E-state index in [0.717, 1.165) is 6.07 Å². The van der Waals surface area contributed by atoms with Crippen molar-refractivity contribution in [3.8, 4) is 11.5 Å². The molecule has 0 atom stereocenters. The van der Waals surface area contributed by atoms with Crippen LogP contribution in [-0.2, 0) is 4.79 Å². The third-order valence-corrected chi connectivity index (χ3v) is 3.29. The Bertz CT molecular complexity index is 799. The van der Waals surface area contributed by atoms with Crippen LogP contribution in [0.25, 0.3) is 0 Å². The fraction of sp³-hybridized carbons (Fsp3) is 0.118. The molecule has 26 heavy (non-hydrogen) atoms. The zero-order chi connectivity index (χ0) is 18.9. The lowest BCUT2D eigenvalue weighted by Gasteiger charge is -2.11. The maximum absolute atomic E-state index is 13.5. The minimum Gasteiger partial charge on any atom is -0.497 e. The van der Waals surface area contributed by atoms with Crippen LogP contribution < -0.4 is 25.6 Å². The molecule has 0 aliphatic carbocycles. The quantitative estimate of drug-likeness (QED) is 0.541. The summed E-state index contributed by atoms with van der Waals surface area (Å²) in [5, 5.41) is 2.07. The second-order valence-electron chi connectivity index (χ2n) is 4.90. The molecule has 2 rings (SSSR count). The number of methoxy groups -OCH3 is 1. The summed E-state index contributed by atoms with van der Waals surface area (Å²) in [5.41, 5.74) is 4.43. The summed E-state index contributed by atoms with van der Waals surface area (Å²) >= 11 is 4.86. The fourth-order valence-corrected chi connectivity index (χ4v) is 1.97. The highest BCUT2D eigenvalue weighted by Gasteiger charge is 2.12. The molecule has 2 amide bonds. The first-order valence-corrected chi connectivity index (χ1v) is 7.82. The molecule has 0 saturated carbocycles. The van der Waals surface area contributed by atoms with Crippen molar-refractivity contribution in [2.45, 2.75) is 0 Å². The number of nitrogens with one attached hydrogen (secondary N) is 3. The van der Waals surface area contributed by atoms with E-state index in [1.54, 1.807) is 31.4 Å². The highest BCUT2D eigenvalue weighted by molar-refractivity contribution is 7.80.